The molecular formula is C11H12BrF2NO. The van der Waals surface area contributed by atoms with Crippen molar-refractivity contribution in [1.82, 2.24) is 4.90 Å². The molecule has 0 spiro atoms. The molecule has 0 saturated heterocycles. The molecule has 2 nitrogen and oxygen atoms in total. The number of hydrogen-bond donors (Lipinski definition) is 0. The first kappa shape index (κ1) is 13.1. The molecule has 0 aliphatic rings. The standard InChI is InChI=1S/C11H12BrF2NO/c1-7-3-4-9(12)8(5-7)11(16)15(2)6-10(13)14/h3-5,10H,6H2,1-2H3. The molecule has 1 aromatic carbocycles. The minimum atomic E-state index is -2.52. The lowest BCUT2D eigenvalue weighted by molar-refractivity contribution is 0.0619. The maximum absolute atomic E-state index is 12.1. The number of carbonyl (C=O) groups excluding carboxylic acids is 1. The summed E-state index contributed by atoms with van der Waals surface area (Å²) in [4.78, 5) is 12.8. The molecule has 16 heavy (non-hydrogen) atoms. The first-order valence-electron chi connectivity index (χ1n) is 4.71. The number of aryl methyl sites for hydroxylation is 1. The van der Waals surface area contributed by atoms with Crippen LogP contribution in [0.25, 0.3) is 0 Å². The van der Waals surface area contributed by atoms with Crippen LogP contribution in [0, 0.1) is 6.92 Å². The molecule has 0 fully saturated rings. The monoisotopic (exact) mass is 291 g/mol. The second-order valence-corrected chi connectivity index (χ2v) is 4.41. The lowest BCUT2D eigenvalue weighted by Crippen LogP contribution is -2.31. The summed E-state index contributed by atoms with van der Waals surface area (Å²) in [5.74, 6) is -0.407. The molecule has 0 N–H and O–H groups in total. The van der Waals surface area contributed by atoms with Gasteiger partial charge in [0.15, 0.2) is 0 Å². The Bertz CT molecular complexity index is 396. The minimum Gasteiger partial charge on any atom is -0.336 e. The van der Waals surface area contributed by atoms with Gasteiger partial charge in [-0.2, -0.15) is 0 Å². The molecule has 0 heterocycles. The summed E-state index contributed by atoms with van der Waals surface area (Å²) in [5.41, 5.74) is 1.32. The third-order valence-electron chi connectivity index (χ3n) is 2.11. The van der Waals surface area contributed by atoms with Gasteiger partial charge in [0.1, 0.15) is 0 Å². The molecule has 0 aliphatic carbocycles. The summed E-state index contributed by atoms with van der Waals surface area (Å²) >= 11 is 3.23. The Morgan fingerprint density at radius 1 is 1.50 bits per heavy atom. The second kappa shape index (κ2) is 5.39. The van der Waals surface area contributed by atoms with Crippen molar-refractivity contribution in [3.05, 3.63) is 33.8 Å². The molecule has 0 saturated carbocycles. The first-order chi connectivity index (χ1) is 7.41. The highest BCUT2D eigenvalue weighted by molar-refractivity contribution is 9.10. The number of hydrogen-bond acceptors (Lipinski definition) is 1. The molecule has 1 amide bonds. The van der Waals surface area contributed by atoms with Gasteiger partial charge in [-0.1, -0.05) is 11.6 Å². The number of halogens is 3. The summed E-state index contributed by atoms with van der Waals surface area (Å²) in [7, 11) is 1.36. The summed E-state index contributed by atoms with van der Waals surface area (Å²) in [6, 6.07) is 5.25. The van der Waals surface area contributed by atoms with E-state index in [9.17, 15) is 13.6 Å². The Morgan fingerprint density at radius 3 is 2.69 bits per heavy atom. The highest BCUT2D eigenvalue weighted by atomic mass is 79.9. The molecule has 0 unspecified atom stereocenters. The highest BCUT2D eigenvalue weighted by Crippen LogP contribution is 2.19. The van der Waals surface area contributed by atoms with Gasteiger partial charge in [-0.3, -0.25) is 4.79 Å². The molecule has 0 aromatic heterocycles. The zero-order valence-electron chi connectivity index (χ0n) is 9.01. The van der Waals surface area contributed by atoms with Crippen molar-refractivity contribution in [2.24, 2.45) is 0 Å². The number of amides is 1. The average molecular weight is 292 g/mol. The van der Waals surface area contributed by atoms with Gasteiger partial charge in [-0.25, -0.2) is 8.78 Å². The Kier molecular flexibility index (Phi) is 4.41. The Morgan fingerprint density at radius 2 is 2.12 bits per heavy atom. The van der Waals surface area contributed by atoms with E-state index in [4.69, 9.17) is 0 Å². The number of rotatable bonds is 3. The average Bonchev–Trinajstić information content (AvgIpc) is 2.19. The fourth-order valence-corrected chi connectivity index (χ4v) is 1.71. The predicted molar refractivity (Wildman–Crippen MR) is 61.8 cm³/mol. The van der Waals surface area contributed by atoms with Crippen LogP contribution in [0.15, 0.2) is 22.7 Å². The second-order valence-electron chi connectivity index (χ2n) is 3.56. The van der Waals surface area contributed by atoms with E-state index in [-0.39, 0.29) is 0 Å². The predicted octanol–water partition coefficient (Wildman–Crippen LogP) is 3.09. The summed E-state index contributed by atoms with van der Waals surface area (Å²) in [6.45, 7) is 1.29. The zero-order valence-corrected chi connectivity index (χ0v) is 10.6. The van der Waals surface area contributed by atoms with Gasteiger partial charge in [0, 0.05) is 11.5 Å². The molecule has 5 heteroatoms. The van der Waals surface area contributed by atoms with Crippen molar-refractivity contribution in [1.29, 1.82) is 0 Å². The molecule has 1 aromatic rings. The number of carbonyl (C=O) groups is 1. The van der Waals surface area contributed by atoms with Crippen LogP contribution in [0.1, 0.15) is 15.9 Å². The minimum absolute atomic E-state index is 0.406. The summed E-state index contributed by atoms with van der Waals surface area (Å²) in [5, 5.41) is 0. The largest absolute Gasteiger partial charge is 0.336 e. The molecule has 1 rings (SSSR count). The third-order valence-corrected chi connectivity index (χ3v) is 2.80. The van der Waals surface area contributed by atoms with Gasteiger partial charge in [-0.15, -0.1) is 0 Å². The fraction of sp³-hybridized carbons (Fsp3) is 0.364. The molecular weight excluding hydrogens is 280 g/mol. The van der Waals surface area contributed by atoms with Crippen LogP contribution in [-0.2, 0) is 0 Å². The van der Waals surface area contributed by atoms with E-state index in [1.54, 1.807) is 12.1 Å². The van der Waals surface area contributed by atoms with Crippen molar-refractivity contribution in [3.63, 3.8) is 0 Å². The van der Waals surface area contributed by atoms with Gasteiger partial charge >= 0.3 is 0 Å². The van der Waals surface area contributed by atoms with E-state index in [0.29, 0.717) is 10.0 Å². The number of benzene rings is 1. The molecule has 88 valence electrons. The van der Waals surface area contributed by atoms with Crippen LogP contribution in [0.3, 0.4) is 0 Å². The van der Waals surface area contributed by atoms with Gasteiger partial charge in [-0.05, 0) is 35.0 Å². The molecule has 0 atom stereocenters. The van der Waals surface area contributed by atoms with Gasteiger partial charge in [0.2, 0.25) is 0 Å². The first-order valence-corrected chi connectivity index (χ1v) is 5.51. The van der Waals surface area contributed by atoms with Crippen LogP contribution < -0.4 is 0 Å². The summed E-state index contributed by atoms with van der Waals surface area (Å²) < 4.78 is 24.9. The van der Waals surface area contributed by atoms with Crippen molar-refractivity contribution >= 4 is 21.8 Å². The number of alkyl halides is 2. The maximum Gasteiger partial charge on any atom is 0.255 e. The SMILES string of the molecule is Cc1ccc(Br)c(C(=O)N(C)CC(F)F)c1. The van der Waals surface area contributed by atoms with E-state index >= 15 is 0 Å². The van der Waals surface area contributed by atoms with Crippen LogP contribution >= 0.6 is 15.9 Å². The van der Waals surface area contributed by atoms with E-state index in [1.165, 1.54) is 7.05 Å². The fourth-order valence-electron chi connectivity index (χ4n) is 1.30. The Labute approximate surface area is 101 Å². The van der Waals surface area contributed by atoms with Crippen molar-refractivity contribution in [3.8, 4) is 0 Å². The van der Waals surface area contributed by atoms with Crippen LogP contribution in [0.5, 0.6) is 0 Å². The topological polar surface area (TPSA) is 20.3 Å². The molecule has 0 bridgehead atoms. The molecule has 0 aliphatic heterocycles. The highest BCUT2D eigenvalue weighted by Gasteiger charge is 2.17. The van der Waals surface area contributed by atoms with Crippen molar-refractivity contribution in [2.75, 3.05) is 13.6 Å². The lowest BCUT2D eigenvalue weighted by atomic mass is 10.1. The Hall–Kier alpha value is -0.970. The zero-order chi connectivity index (χ0) is 12.3. The van der Waals surface area contributed by atoms with Crippen LogP contribution in [0.2, 0.25) is 0 Å². The lowest BCUT2D eigenvalue weighted by Gasteiger charge is -2.17. The Balaban J connectivity index is 2.91. The normalized spacial score (nSPS) is 10.6. The van der Waals surface area contributed by atoms with E-state index in [1.807, 2.05) is 13.0 Å². The van der Waals surface area contributed by atoms with Crippen LogP contribution in [-0.4, -0.2) is 30.8 Å². The summed E-state index contributed by atoms with van der Waals surface area (Å²) in [6.07, 6.45) is -2.52. The van der Waals surface area contributed by atoms with Crippen molar-refractivity contribution < 1.29 is 13.6 Å². The van der Waals surface area contributed by atoms with Gasteiger partial charge in [0.25, 0.3) is 12.3 Å². The smallest absolute Gasteiger partial charge is 0.255 e. The molecule has 0 radical (unpaired) electrons. The number of nitrogens with zero attached hydrogens (tertiary/aromatic N) is 1. The quantitative estimate of drug-likeness (QED) is 0.838. The van der Waals surface area contributed by atoms with E-state index in [2.05, 4.69) is 15.9 Å². The van der Waals surface area contributed by atoms with Crippen LogP contribution in [0.4, 0.5) is 8.78 Å². The van der Waals surface area contributed by atoms with E-state index in [0.717, 1.165) is 10.5 Å². The van der Waals surface area contributed by atoms with Gasteiger partial charge < -0.3 is 4.90 Å². The van der Waals surface area contributed by atoms with Crippen molar-refractivity contribution in [2.45, 2.75) is 13.3 Å². The van der Waals surface area contributed by atoms with E-state index < -0.39 is 18.9 Å². The maximum atomic E-state index is 12.1. The third kappa shape index (κ3) is 3.27. The van der Waals surface area contributed by atoms with Gasteiger partial charge in [0.05, 0.1) is 12.1 Å².